The molecule has 3 rings (SSSR count). The minimum absolute atomic E-state index is 0.0716. The Morgan fingerprint density at radius 3 is 2.96 bits per heavy atom. The van der Waals surface area contributed by atoms with Crippen molar-refractivity contribution in [3.05, 3.63) is 11.0 Å². The molecule has 2 aromatic rings. The van der Waals surface area contributed by atoms with Gasteiger partial charge in [0.1, 0.15) is 10.2 Å². The highest BCUT2D eigenvalue weighted by molar-refractivity contribution is 7.71. The minimum Gasteiger partial charge on any atom is -0.396 e. The Morgan fingerprint density at radius 1 is 1.67 bits per heavy atom. The van der Waals surface area contributed by atoms with E-state index in [9.17, 15) is 15.3 Å². The van der Waals surface area contributed by atoms with Crippen molar-refractivity contribution >= 4 is 29.3 Å². The van der Waals surface area contributed by atoms with Crippen molar-refractivity contribution in [1.82, 2.24) is 19.5 Å². The second-order valence-electron chi connectivity index (χ2n) is 5.73. The van der Waals surface area contributed by atoms with Gasteiger partial charge in [0.05, 0.1) is 31.1 Å². The molecule has 1 aliphatic rings. The van der Waals surface area contributed by atoms with Crippen molar-refractivity contribution in [2.75, 3.05) is 12.3 Å². The molecule has 0 radical (unpaired) electrons. The molecule has 0 aliphatic carbocycles. The highest BCUT2D eigenvalue weighted by Gasteiger charge is 2.57. The molecule has 0 bridgehead atoms. The number of nitrogens with one attached hydrogen (secondary N) is 1. The maximum absolute atomic E-state index is 10.9. The molecule has 6 N–H and O–H groups in total. The summed E-state index contributed by atoms with van der Waals surface area (Å²) < 4.78 is 7.45. The van der Waals surface area contributed by atoms with Gasteiger partial charge in [-0.15, -0.1) is 6.42 Å². The second kappa shape index (κ2) is 5.80. The van der Waals surface area contributed by atoms with Crippen molar-refractivity contribution in [2.24, 2.45) is 5.92 Å². The van der Waals surface area contributed by atoms with Gasteiger partial charge in [-0.3, -0.25) is 4.57 Å². The van der Waals surface area contributed by atoms with E-state index in [1.165, 1.54) is 17.8 Å². The molecular weight excluding hydrogens is 334 g/mol. The molecule has 2 aromatic heterocycles. The van der Waals surface area contributed by atoms with Crippen LogP contribution in [0.25, 0.3) is 11.2 Å². The summed E-state index contributed by atoms with van der Waals surface area (Å²) in [5.74, 6) is 1.46. The van der Waals surface area contributed by atoms with E-state index in [0.717, 1.165) is 0 Å². The molecule has 3 heterocycles. The van der Waals surface area contributed by atoms with Crippen LogP contribution in [0.1, 0.15) is 13.2 Å². The molecule has 9 nitrogen and oxygen atoms in total. The largest absolute Gasteiger partial charge is 0.396 e. The molecule has 1 aliphatic heterocycles. The van der Waals surface area contributed by atoms with E-state index in [2.05, 4.69) is 20.9 Å². The Bertz CT molecular complexity index is 872. The number of rotatable bonds is 3. The van der Waals surface area contributed by atoms with E-state index in [1.54, 1.807) is 0 Å². The van der Waals surface area contributed by atoms with Crippen LogP contribution in [0.5, 0.6) is 0 Å². The number of aromatic nitrogens is 4. The first-order valence-electron chi connectivity index (χ1n) is 7.20. The Hall–Kier alpha value is -2.03. The van der Waals surface area contributed by atoms with Crippen LogP contribution in [0, 0.1) is 22.9 Å². The number of terminal acetylenes is 1. The quantitative estimate of drug-likeness (QED) is 0.362. The van der Waals surface area contributed by atoms with Gasteiger partial charge >= 0.3 is 0 Å². The molecule has 5 atom stereocenters. The average molecular weight is 351 g/mol. The summed E-state index contributed by atoms with van der Waals surface area (Å²) in [6.45, 7) is 1.03. The first kappa shape index (κ1) is 16.8. The lowest BCUT2D eigenvalue weighted by Crippen LogP contribution is -2.44. The van der Waals surface area contributed by atoms with Gasteiger partial charge in [-0.1, -0.05) is 18.1 Å². The van der Waals surface area contributed by atoms with Crippen LogP contribution in [0.3, 0.4) is 0 Å². The fourth-order valence-corrected chi connectivity index (χ4v) is 3.29. The number of hydrogen-bond acceptors (Lipinski definition) is 8. The molecule has 2 unspecified atom stereocenters. The predicted octanol–water partition coefficient (Wildman–Crippen LogP) is -0.678. The molecule has 1 fully saturated rings. The maximum Gasteiger partial charge on any atom is 0.200 e. The van der Waals surface area contributed by atoms with Crippen molar-refractivity contribution in [3.63, 3.8) is 0 Å². The Morgan fingerprint density at radius 2 is 2.38 bits per heavy atom. The Balaban J connectivity index is 2.18. The number of aromatic amines is 1. The van der Waals surface area contributed by atoms with Gasteiger partial charge in [-0.05, 0) is 6.92 Å². The van der Waals surface area contributed by atoms with Crippen LogP contribution in [0.15, 0.2) is 6.33 Å². The van der Waals surface area contributed by atoms with Crippen LogP contribution < -0.4 is 5.73 Å². The summed E-state index contributed by atoms with van der Waals surface area (Å²) in [7, 11) is 0. The third kappa shape index (κ3) is 2.29. The average Bonchev–Trinajstić information content (AvgIpc) is 3.06. The van der Waals surface area contributed by atoms with Crippen molar-refractivity contribution in [3.8, 4) is 12.3 Å². The molecule has 0 amide bonds. The summed E-state index contributed by atoms with van der Waals surface area (Å²) >= 11 is 5.15. The van der Waals surface area contributed by atoms with Gasteiger partial charge in [0.2, 0.25) is 5.95 Å². The number of hydrogen-bond donors (Lipinski definition) is 5. The number of H-pyrrole nitrogens is 1. The Labute approximate surface area is 142 Å². The number of ether oxygens (including phenoxy) is 1. The van der Waals surface area contributed by atoms with Crippen LogP contribution >= 0.6 is 12.2 Å². The number of aliphatic hydroxyl groups is 3. The standard InChI is InChI=1S/C14H17N5O4S/c1-3-14(22)7(4-20)9(6(2)21)23-12(14)19-5-16-8-10(19)17-13(15)18-11(8)24/h1,5-7,9,12,20-22H,4H2,2H3,(H3,15,17,18,24)/t6-,7?,9-,12-,14?/m1/s1. The summed E-state index contributed by atoms with van der Waals surface area (Å²) in [5, 5.41) is 30.5. The van der Waals surface area contributed by atoms with Gasteiger partial charge in [-0.2, -0.15) is 4.98 Å². The first-order chi connectivity index (χ1) is 11.3. The second-order valence-corrected chi connectivity index (χ2v) is 6.14. The molecule has 1 saturated heterocycles. The molecule has 0 aromatic carbocycles. The lowest BCUT2D eigenvalue weighted by atomic mass is 9.84. The molecule has 10 heteroatoms. The minimum atomic E-state index is -1.87. The van der Waals surface area contributed by atoms with E-state index in [1.807, 2.05) is 0 Å². The number of nitrogen functional groups attached to an aromatic ring is 1. The van der Waals surface area contributed by atoms with Crippen molar-refractivity contribution < 1.29 is 20.1 Å². The fraction of sp³-hybridized carbons (Fsp3) is 0.500. The SMILES string of the molecule is C#CC1(O)C(CO)[C@@H]([C@@H](C)O)O[C@H]1n1cnc2c(=S)[nH]c(N)nc21. The zero-order chi connectivity index (χ0) is 17.6. The van der Waals surface area contributed by atoms with Gasteiger partial charge in [0.25, 0.3) is 0 Å². The van der Waals surface area contributed by atoms with Gasteiger partial charge in [-0.25, -0.2) is 4.98 Å². The van der Waals surface area contributed by atoms with Crippen LogP contribution in [0.4, 0.5) is 5.95 Å². The molecule has 0 saturated carbocycles. The topological polar surface area (TPSA) is 142 Å². The third-order valence-electron chi connectivity index (χ3n) is 4.23. The van der Waals surface area contributed by atoms with Crippen LogP contribution in [0.2, 0.25) is 0 Å². The summed E-state index contributed by atoms with van der Waals surface area (Å²) in [5.41, 5.74) is 4.45. The predicted molar refractivity (Wildman–Crippen MR) is 87.1 cm³/mol. The maximum atomic E-state index is 10.9. The van der Waals surface area contributed by atoms with E-state index in [-0.39, 0.29) is 16.2 Å². The van der Waals surface area contributed by atoms with Crippen LogP contribution in [-0.2, 0) is 4.74 Å². The zero-order valence-electron chi connectivity index (χ0n) is 12.7. The van der Waals surface area contributed by atoms with Crippen molar-refractivity contribution in [1.29, 1.82) is 0 Å². The molecule has 0 spiro atoms. The van der Waals surface area contributed by atoms with E-state index in [0.29, 0.717) is 5.52 Å². The van der Waals surface area contributed by atoms with Gasteiger partial charge in [0.15, 0.2) is 17.5 Å². The number of anilines is 1. The molecule has 24 heavy (non-hydrogen) atoms. The van der Waals surface area contributed by atoms with Crippen molar-refractivity contribution in [2.45, 2.75) is 31.0 Å². The van der Waals surface area contributed by atoms with E-state index in [4.69, 9.17) is 29.1 Å². The van der Waals surface area contributed by atoms with E-state index < -0.39 is 36.6 Å². The molecular formula is C14H17N5O4S. The normalized spacial score (nSPS) is 31.2. The number of aliphatic hydroxyl groups excluding tert-OH is 2. The highest BCUT2D eigenvalue weighted by Crippen LogP contribution is 2.44. The van der Waals surface area contributed by atoms with Crippen LogP contribution in [-0.4, -0.2) is 59.3 Å². The monoisotopic (exact) mass is 351 g/mol. The van der Waals surface area contributed by atoms with E-state index >= 15 is 0 Å². The zero-order valence-corrected chi connectivity index (χ0v) is 13.6. The lowest BCUT2D eigenvalue weighted by molar-refractivity contribution is -0.0845. The van der Waals surface area contributed by atoms with Gasteiger partial charge < -0.3 is 30.8 Å². The summed E-state index contributed by atoms with van der Waals surface area (Å²) in [4.78, 5) is 11.0. The first-order valence-corrected chi connectivity index (χ1v) is 7.61. The third-order valence-corrected chi connectivity index (χ3v) is 4.53. The number of nitrogens with two attached hydrogens (primary N) is 1. The number of fused-ring (bicyclic) bond motifs is 1. The number of nitrogens with zero attached hydrogens (tertiary/aromatic N) is 3. The Kier molecular flexibility index (Phi) is 4.06. The van der Waals surface area contributed by atoms with Gasteiger partial charge in [0, 0.05) is 0 Å². The summed E-state index contributed by atoms with van der Waals surface area (Å²) in [6.07, 6.45) is 3.95. The summed E-state index contributed by atoms with van der Waals surface area (Å²) in [6, 6.07) is 0. The lowest BCUT2D eigenvalue weighted by Gasteiger charge is -2.28. The fourth-order valence-electron chi connectivity index (χ4n) is 3.04. The molecule has 128 valence electrons. The number of imidazole rings is 1. The smallest absolute Gasteiger partial charge is 0.200 e. The highest BCUT2D eigenvalue weighted by atomic mass is 32.1.